The van der Waals surface area contributed by atoms with E-state index in [4.69, 9.17) is 4.74 Å². The quantitative estimate of drug-likeness (QED) is 0.735. The fraction of sp³-hybridized carbons (Fsp3) is 0.455. The number of rotatable bonds is 4. The minimum Gasteiger partial charge on any atom is -0.493 e. The minimum absolute atomic E-state index is 0.107. The molecular formula is C11H12BrF3O. The molecular weight excluding hydrogens is 285 g/mol. The van der Waals surface area contributed by atoms with E-state index in [1.54, 1.807) is 0 Å². The van der Waals surface area contributed by atoms with Crippen LogP contribution in [0, 0.1) is 0 Å². The number of ether oxygens (including phenoxy) is 1. The smallest absolute Gasteiger partial charge is 0.420 e. The van der Waals surface area contributed by atoms with Crippen molar-refractivity contribution in [2.75, 3.05) is 6.61 Å². The second-order valence-corrected chi connectivity index (χ2v) is 4.26. The Labute approximate surface area is 101 Å². The van der Waals surface area contributed by atoms with Crippen LogP contribution in [0.15, 0.2) is 22.7 Å². The van der Waals surface area contributed by atoms with Gasteiger partial charge in [-0.3, -0.25) is 0 Å². The molecule has 0 saturated carbocycles. The monoisotopic (exact) mass is 296 g/mol. The van der Waals surface area contributed by atoms with Crippen molar-refractivity contribution in [2.24, 2.45) is 0 Å². The van der Waals surface area contributed by atoms with Gasteiger partial charge in [-0.2, -0.15) is 13.2 Å². The molecule has 0 aliphatic rings. The summed E-state index contributed by atoms with van der Waals surface area (Å²) in [5.74, 6) is -0.107. The summed E-state index contributed by atoms with van der Waals surface area (Å²) >= 11 is 3.02. The van der Waals surface area contributed by atoms with Crippen LogP contribution in [0.2, 0.25) is 0 Å². The van der Waals surface area contributed by atoms with Crippen molar-refractivity contribution >= 4 is 15.9 Å². The van der Waals surface area contributed by atoms with E-state index in [2.05, 4.69) is 15.9 Å². The lowest BCUT2D eigenvalue weighted by molar-refractivity contribution is -0.139. The third-order valence-electron chi connectivity index (χ3n) is 2.00. The van der Waals surface area contributed by atoms with Gasteiger partial charge >= 0.3 is 6.18 Å². The molecule has 0 radical (unpaired) electrons. The first kappa shape index (κ1) is 13.4. The summed E-state index contributed by atoms with van der Waals surface area (Å²) in [6.07, 6.45) is -2.75. The number of benzene rings is 1. The zero-order chi connectivity index (χ0) is 12.2. The van der Waals surface area contributed by atoms with Crippen LogP contribution in [0.25, 0.3) is 0 Å². The Morgan fingerprint density at radius 2 is 2.00 bits per heavy atom. The van der Waals surface area contributed by atoms with Gasteiger partial charge in [-0.15, -0.1) is 0 Å². The Kier molecular flexibility index (Phi) is 4.65. The van der Waals surface area contributed by atoms with Crippen molar-refractivity contribution in [3.05, 3.63) is 28.2 Å². The molecule has 0 aliphatic heterocycles. The Bertz CT molecular complexity index is 350. The highest BCUT2D eigenvalue weighted by atomic mass is 79.9. The predicted molar refractivity (Wildman–Crippen MR) is 59.5 cm³/mol. The molecule has 0 heterocycles. The van der Waals surface area contributed by atoms with Gasteiger partial charge in [0.05, 0.1) is 12.2 Å². The lowest BCUT2D eigenvalue weighted by Crippen LogP contribution is -2.09. The lowest BCUT2D eigenvalue weighted by atomic mass is 10.2. The SMILES string of the molecule is CCCCOc1ccc(Br)cc1C(F)(F)F. The molecule has 0 aliphatic carbocycles. The first-order valence-electron chi connectivity index (χ1n) is 4.94. The van der Waals surface area contributed by atoms with Crippen molar-refractivity contribution < 1.29 is 17.9 Å². The zero-order valence-electron chi connectivity index (χ0n) is 8.77. The molecule has 0 bridgehead atoms. The van der Waals surface area contributed by atoms with E-state index in [0.29, 0.717) is 11.1 Å². The van der Waals surface area contributed by atoms with Gasteiger partial charge in [0.25, 0.3) is 0 Å². The normalized spacial score (nSPS) is 11.6. The van der Waals surface area contributed by atoms with Gasteiger partial charge in [-0.05, 0) is 24.6 Å². The summed E-state index contributed by atoms with van der Waals surface area (Å²) in [6.45, 7) is 2.26. The first-order valence-corrected chi connectivity index (χ1v) is 5.74. The van der Waals surface area contributed by atoms with Crippen LogP contribution in [-0.2, 0) is 6.18 Å². The maximum absolute atomic E-state index is 12.6. The van der Waals surface area contributed by atoms with Gasteiger partial charge in [-0.1, -0.05) is 29.3 Å². The van der Waals surface area contributed by atoms with E-state index in [9.17, 15) is 13.2 Å². The van der Waals surface area contributed by atoms with E-state index in [1.807, 2.05) is 6.92 Å². The number of hydrogen-bond donors (Lipinski definition) is 0. The Balaban J connectivity index is 2.90. The van der Waals surface area contributed by atoms with Gasteiger partial charge in [0.1, 0.15) is 5.75 Å². The summed E-state index contributed by atoms with van der Waals surface area (Å²) in [7, 11) is 0. The van der Waals surface area contributed by atoms with Gasteiger partial charge in [0.15, 0.2) is 0 Å². The average molecular weight is 297 g/mol. The topological polar surface area (TPSA) is 9.23 Å². The van der Waals surface area contributed by atoms with Crippen LogP contribution in [0.4, 0.5) is 13.2 Å². The molecule has 1 rings (SSSR count). The molecule has 0 spiro atoms. The Morgan fingerprint density at radius 3 is 2.56 bits per heavy atom. The molecule has 0 amide bonds. The lowest BCUT2D eigenvalue weighted by Gasteiger charge is -2.14. The van der Waals surface area contributed by atoms with E-state index < -0.39 is 11.7 Å². The second-order valence-electron chi connectivity index (χ2n) is 3.34. The molecule has 0 N–H and O–H groups in total. The zero-order valence-corrected chi connectivity index (χ0v) is 10.4. The summed E-state index contributed by atoms with van der Waals surface area (Å²) in [6, 6.07) is 3.90. The summed E-state index contributed by atoms with van der Waals surface area (Å²) in [5, 5.41) is 0. The van der Waals surface area contributed by atoms with Crippen molar-refractivity contribution in [3.63, 3.8) is 0 Å². The molecule has 0 aromatic heterocycles. The summed E-state index contributed by atoms with van der Waals surface area (Å²) < 4.78 is 43.4. The summed E-state index contributed by atoms with van der Waals surface area (Å²) in [4.78, 5) is 0. The van der Waals surface area contributed by atoms with Crippen LogP contribution in [-0.4, -0.2) is 6.61 Å². The predicted octanol–water partition coefficient (Wildman–Crippen LogP) is 4.65. The van der Waals surface area contributed by atoms with E-state index in [-0.39, 0.29) is 5.75 Å². The molecule has 1 aromatic carbocycles. The molecule has 90 valence electrons. The maximum Gasteiger partial charge on any atom is 0.420 e. The van der Waals surface area contributed by atoms with Crippen molar-refractivity contribution in [2.45, 2.75) is 25.9 Å². The second kappa shape index (κ2) is 5.57. The molecule has 0 unspecified atom stereocenters. The average Bonchev–Trinajstić information content (AvgIpc) is 2.19. The molecule has 0 saturated heterocycles. The van der Waals surface area contributed by atoms with E-state index in [1.165, 1.54) is 12.1 Å². The Morgan fingerprint density at radius 1 is 1.31 bits per heavy atom. The van der Waals surface area contributed by atoms with Crippen LogP contribution >= 0.6 is 15.9 Å². The largest absolute Gasteiger partial charge is 0.493 e. The van der Waals surface area contributed by atoms with Crippen LogP contribution in [0.5, 0.6) is 5.75 Å². The number of hydrogen-bond acceptors (Lipinski definition) is 1. The molecule has 0 fully saturated rings. The molecule has 0 atom stereocenters. The Hall–Kier alpha value is -0.710. The third-order valence-corrected chi connectivity index (χ3v) is 2.50. The maximum atomic E-state index is 12.6. The van der Waals surface area contributed by atoms with Crippen molar-refractivity contribution in [1.82, 2.24) is 0 Å². The van der Waals surface area contributed by atoms with Crippen molar-refractivity contribution in [3.8, 4) is 5.75 Å². The summed E-state index contributed by atoms with van der Waals surface area (Å²) in [5.41, 5.74) is -0.738. The highest BCUT2D eigenvalue weighted by Crippen LogP contribution is 2.37. The van der Waals surface area contributed by atoms with Gasteiger partial charge in [0.2, 0.25) is 0 Å². The fourth-order valence-corrected chi connectivity index (χ4v) is 1.54. The van der Waals surface area contributed by atoms with Gasteiger partial charge in [0, 0.05) is 4.47 Å². The number of alkyl halides is 3. The van der Waals surface area contributed by atoms with Gasteiger partial charge in [-0.25, -0.2) is 0 Å². The molecule has 1 aromatic rings. The highest BCUT2D eigenvalue weighted by Gasteiger charge is 2.34. The van der Waals surface area contributed by atoms with E-state index >= 15 is 0 Å². The molecule has 1 nitrogen and oxygen atoms in total. The molecule has 16 heavy (non-hydrogen) atoms. The molecule has 5 heteroatoms. The minimum atomic E-state index is -4.38. The number of unbranched alkanes of at least 4 members (excludes halogenated alkanes) is 1. The fourth-order valence-electron chi connectivity index (χ4n) is 1.18. The highest BCUT2D eigenvalue weighted by molar-refractivity contribution is 9.10. The van der Waals surface area contributed by atoms with Gasteiger partial charge < -0.3 is 4.74 Å². The number of halogens is 4. The van der Waals surface area contributed by atoms with Crippen molar-refractivity contribution in [1.29, 1.82) is 0 Å². The standard InChI is InChI=1S/C11H12BrF3O/c1-2-3-6-16-10-5-4-8(12)7-9(10)11(13,14)15/h4-5,7H,2-3,6H2,1H3. The third kappa shape index (κ3) is 3.70. The van der Waals surface area contributed by atoms with Crippen LogP contribution in [0.1, 0.15) is 25.3 Å². The van der Waals surface area contributed by atoms with Crippen LogP contribution < -0.4 is 4.74 Å². The first-order chi connectivity index (χ1) is 7.45. The van der Waals surface area contributed by atoms with E-state index in [0.717, 1.165) is 18.9 Å². The van der Waals surface area contributed by atoms with Crippen LogP contribution in [0.3, 0.4) is 0 Å².